The maximum atomic E-state index is 12.4. The lowest BCUT2D eigenvalue weighted by atomic mass is 9.82. The average molecular weight is 302 g/mol. The molecule has 0 amide bonds. The van der Waals surface area contributed by atoms with Crippen molar-refractivity contribution in [2.24, 2.45) is 11.8 Å². The van der Waals surface area contributed by atoms with Crippen LogP contribution in [-0.4, -0.2) is 11.0 Å². The first kappa shape index (κ1) is 16.4. The first-order chi connectivity index (χ1) is 10.2. The maximum absolute atomic E-state index is 12.4. The van der Waals surface area contributed by atoms with E-state index in [1.807, 2.05) is 30.8 Å². The van der Waals surface area contributed by atoms with Gasteiger partial charge in [-0.15, -0.1) is 11.8 Å². The minimum absolute atomic E-state index is 0.0146. The largest absolute Gasteiger partial charge is 0.299 e. The second-order valence-corrected chi connectivity index (χ2v) is 7.25. The highest BCUT2D eigenvalue weighted by Gasteiger charge is 2.23. The third-order valence-corrected chi connectivity index (χ3v) is 5.35. The molecule has 2 aliphatic rings. The summed E-state index contributed by atoms with van der Waals surface area (Å²) in [5.41, 5.74) is 0.978. The fourth-order valence-corrected chi connectivity index (χ4v) is 3.75. The third-order valence-electron chi connectivity index (χ3n) is 4.30. The van der Waals surface area contributed by atoms with Gasteiger partial charge in [-0.1, -0.05) is 63.1 Å². The predicted octanol–water partition coefficient (Wildman–Crippen LogP) is 5.46. The molecular weight excluding hydrogens is 276 g/mol. The van der Waals surface area contributed by atoms with Crippen molar-refractivity contribution >= 4 is 17.5 Å². The summed E-state index contributed by atoms with van der Waals surface area (Å²) >= 11 is 1.85. The van der Waals surface area contributed by atoms with Gasteiger partial charge in [0.05, 0.1) is 0 Å². The Hall–Kier alpha value is -1.02. The van der Waals surface area contributed by atoms with E-state index in [1.165, 1.54) is 19.3 Å². The highest BCUT2D eigenvalue weighted by molar-refractivity contribution is 8.03. The zero-order valence-corrected chi connectivity index (χ0v) is 13.8. The molecule has 0 aromatic rings. The molecule has 0 spiro atoms. The number of thioether (sulfide) groups is 1. The van der Waals surface area contributed by atoms with E-state index in [9.17, 15) is 4.79 Å². The molecule has 0 saturated heterocycles. The van der Waals surface area contributed by atoms with Gasteiger partial charge in [0, 0.05) is 17.1 Å². The van der Waals surface area contributed by atoms with Crippen LogP contribution in [0.3, 0.4) is 0 Å². The fourth-order valence-electron chi connectivity index (χ4n) is 2.93. The van der Waals surface area contributed by atoms with Crippen LogP contribution in [0.1, 0.15) is 45.4 Å². The summed E-state index contributed by atoms with van der Waals surface area (Å²) in [5, 5.41) is 2.70. The lowest BCUT2D eigenvalue weighted by Crippen LogP contribution is -2.22. The number of allylic oxidation sites excluding steroid dienone is 5. The van der Waals surface area contributed by atoms with Gasteiger partial charge in [0.15, 0.2) is 0 Å². The van der Waals surface area contributed by atoms with E-state index in [0.717, 1.165) is 24.8 Å². The molecule has 114 valence electrons. The number of carbonyl (C=O) groups is 1. The zero-order chi connectivity index (χ0) is 15.1. The van der Waals surface area contributed by atoms with E-state index in [1.54, 1.807) is 0 Å². The average Bonchev–Trinajstić information content (AvgIpc) is 3.04. The Kier molecular flexibility index (Phi) is 6.56. The molecule has 0 bridgehead atoms. The zero-order valence-electron chi connectivity index (χ0n) is 13.0. The van der Waals surface area contributed by atoms with Crippen LogP contribution in [0.2, 0.25) is 0 Å². The molecule has 2 heteroatoms. The Morgan fingerprint density at radius 3 is 2.71 bits per heavy atom. The van der Waals surface area contributed by atoms with Gasteiger partial charge in [-0.25, -0.2) is 0 Å². The smallest absolute Gasteiger partial charge is 0.142 e. The van der Waals surface area contributed by atoms with Crippen LogP contribution in [0.5, 0.6) is 0 Å². The number of ketones is 1. The standard InChI is InChI=1S/C19H26OS/c1-15(11-13-18-9-6-14-21-18)10-12-16(2)19(20)17-7-4-3-5-8-17/h6,10-14,16-18H,1,3-5,7-9H2,2H3/b12-10-,13-11+. The lowest BCUT2D eigenvalue weighted by molar-refractivity contribution is -0.125. The second kappa shape index (κ2) is 8.43. The van der Waals surface area contributed by atoms with Crippen molar-refractivity contribution in [1.82, 2.24) is 0 Å². The van der Waals surface area contributed by atoms with E-state index < -0.39 is 0 Å². The molecule has 2 unspecified atom stereocenters. The third kappa shape index (κ3) is 5.35. The first-order valence-corrected chi connectivity index (χ1v) is 9.00. The molecule has 1 saturated carbocycles. The highest BCUT2D eigenvalue weighted by atomic mass is 32.2. The lowest BCUT2D eigenvalue weighted by Gasteiger charge is -2.22. The quantitative estimate of drug-likeness (QED) is 0.606. The minimum Gasteiger partial charge on any atom is -0.299 e. The molecule has 1 heterocycles. The number of hydrogen-bond acceptors (Lipinski definition) is 2. The van der Waals surface area contributed by atoms with E-state index >= 15 is 0 Å². The van der Waals surface area contributed by atoms with Gasteiger partial charge in [0.1, 0.15) is 5.78 Å². The van der Waals surface area contributed by atoms with Gasteiger partial charge in [0.2, 0.25) is 0 Å². The van der Waals surface area contributed by atoms with Crippen molar-refractivity contribution in [3.05, 3.63) is 47.9 Å². The van der Waals surface area contributed by atoms with E-state index in [2.05, 4.69) is 30.2 Å². The Balaban J connectivity index is 1.78. The monoisotopic (exact) mass is 302 g/mol. The Bertz CT molecular complexity index is 444. The number of carbonyl (C=O) groups excluding carboxylic acids is 1. The molecule has 0 aromatic heterocycles. The number of hydrogen-bond donors (Lipinski definition) is 0. The van der Waals surface area contributed by atoms with Crippen molar-refractivity contribution in [2.75, 3.05) is 0 Å². The van der Waals surface area contributed by atoms with Crippen LogP contribution < -0.4 is 0 Å². The van der Waals surface area contributed by atoms with E-state index in [-0.39, 0.29) is 5.92 Å². The topological polar surface area (TPSA) is 17.1 Å². The molecule has 0 N–H and O–H groups in total. The number of Topliss-reactive ketones (excluding diaryl/α,β-unsaturated/α-hetero) is 1. The number of rotatable bonds is 6. The summed E-state index contributed by atoms with van der Waals surface area (Å²) in [7, 11) is 0. The van der Waals surface area contributed by atoms with Crippen molar-refractivity contribution in [2.45, 2.75) is 50.7 Å². The molecule has 2 atom stereocenters. The van der Waals surface area contributed by atoms with Crippen molar-refractivity contribution in [3.63, 3.8) is 0 Å². The van der Waals surface area contributed by atoms with Crippen molar-refractivity contribution < 1.29 is 4.79 Å². The van der Waals surface area contributed by atoms with Gasteiger partial charge < -0.3 is 0 Å². The molecule has 21 heavy (non-hydrogen) atoms. The van der Waals surface area contributed by atoms with Gasteiger partial charge in [-0.05, 0) is 30.2 Å². The molecule has 1 nitrogen and oxygen atoms in total. The van der Waals surface area contributed by atoms with Crippen LogP contribution in [-0.2, 0) is 4.79 Å². The Morgan fingerprint density at radius 2 is 2.05 bits per heavy atom. The maximum Gasteiger partial charge on any atom is 0.142 e. The van der Waals surface area contributed by atoms with Gasteiger partial charge in [-0.3, -0.25) is 4.79 Å². The molecule has 0 radical (unpaired) electrons. The van der Waals surface area contributed by atoms with Crippen molar-refractivity contribution in [3.8, 4) is 0 Å². The van der Waals surface area contributed by atoms with Crippen LogP contribution in [0.25, 0.3) is 0 Å². The molecular formula is C19H26OS. The normalized spacial score (nSPS) is 24.9. The summed E-state index contributed by atoms with van der Waals surface area (Å²) < 4.78 is 0. The molecule has 1 fully saturated rings. The summed E-state index contributed by atoms with van der Waals surface area (Å²) in [6, 6.07) is 0. The Labute approximate surface area is 133 Å². The molecule has 2 rings (SSSR count). The molecule has 0 aromatic carbocycles. The minimum atomic E-state index is 0.0146. The summed E-state index contributed by atoms with van der Waals surface area (Å²) in [6.45, 7) is 6.06. The van der Waals surface area contributed by atoms with Crippen LogP contribution in [0.15, 0.2) is 47.9 Å². The van der Waals surface area contributed by atoms with E-state index in [4.69, 9.17) is 0 Å². The van der Waals surface area contributed by atoms with Crippen LogP contribution in [0, 0.1) is 11.8 Å². The highest BCUT2D eigenvalue weighted by Crippen LogP contribution is 2.27. The van der Waals surface area contributed by atoms with Crippen LogP contribution >= 0.6 is 11.8 Å². The summed E-state index contributed by atoms with van der Waals surface area (Å²) in [5.74, 6) is 0.724. The molecule has 1 aliphatic carbocycles. The van der Waals surface area contributed by atoms with Crippen LogP contribution in [0.4, 0.5) is 0 Å². The Morgan fingerprint density at radius 1 is 1.29 bits per heavy atom. The second-order valence-electron chi connectivity index (χ2n) is 6.10. The summed E-state index contributed by atoms with van der Waals surface area (Å²) in [4.78, 5) is 12.4. The summed E-state index contributed by atoms with van der Waals surface area (Å²) in [6.07, 6.45) is 17.5. The van der Waals surface area contributed by atoms with Gasteiger partial charge in [0.25, 0.3) is 0 Å². The SMILES string of the molecule is C=C(/C=C\C(C)C(=O)C1CCCCC1)/C=C/C1CC=CS1. The first-order valence-electron chi connectivity index (χ1n) is 8.06. The van der Waals surface area contributed by atoms with E-state index in [0.29, 0.717) is 17.0 Å². The van der Waals surface area contributed by atoms with Crippen molar-refractivity contribution in [1.29, 1.82) is 0 Å². The molecule has 1 aliphatic heterocycles. The predicted molar refractivity (Wildman–Crippen MR) is 93.3 cm³/mol. The van der Waals surface area contributed by atoms with Gasteiger partial charge in [-0.2, -0.15) is 0 Å². The van der Waals surface area contributed by atoms with Gasteiger partial charge >= 0.3 is 0 Å². The fraction of sp³-hybridized carbons (Fsp3) is 0.526.